The Bertz CT molecular complexity index is 712. The summed E-state index contributed by atoms with van der Waals surface area (Å²) < 4.78 is 6.97. The lowest BCUT2D eigenvalue weighted by Crippen LogP contribution is -2.34. The molecule has 0 aliphatic rings. The summed E-state index contributed by atoms with van der Waals surface area (Å²) in [4.78, 5) is 27.0. The minimum atomic E-state index is -1.02. The first-order chi connectivity index (χ1) is 9.79. The molecule has 6 heteroatoms. The van der Waals surface area contributed by atoms with E-state index in [0.29, 0.717) is 5.75 Å². The van der Waals surface area contributed by atoms with E-state index in [1.807, 2.05) is 20.8 Å². The van der Waals surface area contributed by atoms with Crippen molar-refractivity contribution in [1.29, 1.82) is 0 Å². The normalized spacial score (nSPS) is 11.2. The van der Waals surface area contributed by atoms with Crippen molar-refractivity contribution in [2.24, 2.45) is 0 Å². The number of carboxylic acid groups (broad SMARTS) is 1. The van der Waals surface area contributed by atoms with Gasteiger partial charge in [0, 0.05) is 17.9 Å². The van der Waals surface area contributed by atoms with Crippen LogP contribution in [0.5, 0.6) is 11.6 Å². The second-order valence-corrected chi connectivity index (χ2v) is 5.51. The maximum atomic E-state index is 12.3. The van der Waals surface area contributed by atoms with Crippen molar-refractivity contribution in [3.8, 4) is 11.6 Å². The quantitative estimate of drug-likeness (QED) is 0.938. The van der Waals surface area contributed by atoms with Crippen LogP contribution in [0.3, 0.4) is 0 Å². The first-order valence-electron chi connectivity index (χ1n) is 6.38. The number of rotatable bonds is 3. The summed E-state index contributed by atoms with van der Waals surface area (Å²) >= 11 is 0. The van der Waals surface area contributed by atoms with Crippen molar-refractivity contribution in [3.63, 3.8) is 0 Å². The molecule has 0 saturated carbocycles. The van der Waals surface area contributed by atoms with E-state index in [9.17, 15) is 9.59 Å². The van der Waals surface area contributed by atoms with Crippen LogP contribution in [0.4, 0.5) is 0 Å². The Kier molecular flexibility index (Phi) is 3.80. The van der Waals surface area contributed by atoms with Gasteiger partial charge in [-0.3, -0.25) is 4.79 Å². The van der Waals surface area contributed by atoms with Crippen molar-refractivity contribution >= 4 is 5.97 Å². The molecule has 6 nitrogen and oxygen atoms in total. The lowest BCUT2D eigenvalue weighted by atomic mass is 10.1. The minimum absolute atomic E-state index is 0.0458. The van der Waals surface area contributed by atoms with Gasteiger partial charge in [0.1, 0.15) is 5.75 Å². The van der Waals surface area contributed by atoms with Crippen molar-refractivity contribution < 1.29 is 14.6 Å². The molecule has 0 fully saturated rings. The van der Waals surface area contributed by atoms with Gasteiger partial charge in [0.2, 0.25) is 0 Å². The second kappa shape index (κ2) is 5.40. The van der Waals surface area contributed by atoms with Gasteiger partial charge in [-0.2, -0.15) is 0 Å². The molecule has 0 amide bonds. The summed E-state index contributed by atoms with van der Waals surface area (Å²) in [6, 6.07) is 5.78. The number of hydrogen-bond donors (Lipinski definition) is 1. The van der Waals surface area contributed by atoms with Gasteiger partial charge in [0.15, 0.2) is 0 Å². The number of carbonyl (C=O) groups is 1. The summed E-state index contributed by atoms with van der Waals surface area (Å²) in [6.07, 6.45) is 3.09. The molecular formula is C15H16N2O4. The predicted octanol–water partition coefficient (Wildman–Crippen LogP) is 2.49. The van der Waals surface area contributed by atoms with Crippen molar-refractivity contribution in [2.75, 3.05) is 0 Å². The summed E-state index contributed by atoms with van der Waals surface area (Å²) in [5.41, 5.74) is -0.575. The van der Waals surface area contributed by atoms with Gasteiger partial charge in [0.25, 0.3) is 5.88 Å². The van der Waals surface area contributed by atoms with Crippen LogP contribution < -0.4 is 10.3 Å². The van der Waals surface area contributed by atoms with Crippen LogP contribution in [-0.2, 0) is 5.54 Å². The number of ether oxygens (including phenoxy) is 1. The fraction of sp³-hybridized carbons (Fsp3) is 0.267. The topological polar surface area (TPSA) is 81.4 Å². The van der Waals surface area contributed by atoms with Gasteiger partial charge in [-0.05, 0) is 45.0 Å². The zero-order valence-electron chi connectivity index (χ0n) is 12.0. The Morgan fingerprint density at radius 1 is 1.24 bits per heavy atom. The molecule has 0 atom stereocenters. The number of hydrogen-bond acceptors (Lipinski definition) is 4. The third kappa shape index (κ3) is 3.28. The van der Waals surface area contributed by atoms with Crippen molar-refractivity contribution in [3.05, 3.63) is 52.6 Å². The van der Waals surface area contributed by atoms with Crippen LogP contribution in [0.15, 0.2) is 41.5 Å². The molecule has 0 spiro atoms. The molecule has 0 unspecified atom stereocenters. The van der Waals surface area contributed by atoms with Gasteiger partial charge in [-0.25, -0.2) is 9.78 Å². The molecule has 2 aromatic rings. The number of aromatic carboxylic acids is 1. The maximum Gasteiger partial charge on any atom is 0.335 e. The predicted molar refractivity (Wildman–Crippen MR) is 77.0 cm³/mol. The highest BCUT2D eigenvalue weighted by molar-refractivity contribution is 5.87. The highest BCUT2D eigenvalue weighted by atomic mass is 16.5. The van der Waals surface area contributed by atoms with E-state index in [2.05, 4.69) is 4.98 Å². The molecule has 0 bridgehead atoms. The highest BCUT2D eigenvalue weighted by Gasteiger charge is 2.17. The van der Waals surface area contributed by atoms with E-state index < -0.39 is 5.97 Å². The number of carboxylic acids is 1. The molecule has 1 aromatic carbocycles. The minimum Gasteiger partial charge on any atom is -0.478 e. The largest absolute Gasteiger partial charge is 0.478 e. The zero-order valence-corrected chi connectivity index (χ0v) is 12.0. The number of aromatic nitrogens is 2. The number of nitrogens with zero attached hydrogens (tertiary/aromatic N) is 2. The van der Waals surface area contributed by atoms with Gasteiger partial charge in [-0.15, -0.1) is 0 Å². The standard InChI is InChI=1S/C15H16N2O4/c1-15(2,3)17-9-8-16-12(13(17)18)21-11-6-4-10(5-7-11)14(19)20/h4-9H,1-3H3,(H,19,20). The fourth-order valence-corrected chi connectivity index (χ4v) is 1.77. The SMILES string of the molecule is CC(C)(C)n1ccnc(Oc2ccc(C(=O)O)cc2)c1=O. The van der Waals surface area contributed by atoms with Crippen LogP contribution in [0, 0.1) is 0 Å². The Labute approximate surface area is 121 Å². The van der Waals surface area contributed by atoms with Crippen molar-refractivity contribution in [1.82, 2.24) is 9.55 Å². The zero-order chi connectivity index (χ0) is 15.6. The van der Waals surface area contributed by atoms with E-state index in [1.165, 1.54) is 35.0 Å². The van der Waals surface area contributed by atoms with E-state index in [4.69, 9.17) is 9.84 Å². The van der Waals surface area contributed by atoms with Gasteiger partial charge < -0.3 is 14.4 Å². The summed E-state index contributed by atoms with van der Waals surface area (Å²) in [5, 5.41) is 8.83. The molecule has 110 valence electrons. The molecule has 0 aliphatic heterocycles. The van der Waals surface area contributed by atoms with Crippen LogP contribution in [-0.4, -0.2) is 20.6 Å². The maximum absolute atomic E-state index is 12.3. The molecule has 1 heterocycles. The molecule has 1 aromatic heterocycles. The van der Waals surface area contributed by atoms with Crippen LogP contribution in [0.1, 0.15) is 31.1 Å². The fourth-order valence-electron chi connectivity index (χ4n) is 1.77. The van der Waals surface area contributed by atoms with Gasteiger partial charge >= 0.3 is 11.5 Å². The first kappa shape index (κ1) is 14.8. The lowest BCUT2D eigenvalue weighted by Gasteiger charge is -2.22. The summed E-state index contributed by atoms with van der Waals surface area (Å²) in [7, 11) is 0. The number of benzene rings is 1. The Hall–Kier alpha value is -2.63. The van der Waals surface area contributed by atoms with Gasteiger partial charge in [-0.1, -0.05) is 0 Å². The highest BCUT2D eigenvalue weighted by Crippen LogP contribution is 2.18. The first-order valence-corrected chi connectivity index (χ1v) is 6.38. The Morgan fingerprint density at radius 3 is 2.38 bits per heavy atom. The van der Waals surface area contributed by atoms with Gasteiger partial charge in [0.05, 0.1) is 5.56 Å². The average molecular weight is 288 g/mol. The third-order valence-electron chi connectivity index (χ3n) is 2.85. The molecule has 21 heavy (non-hydrogen) atoms. The molecule has 0 aliphatic carbocycles. The second-order valence-electron chi connectivity index (χ2n) is 5.51. The van der Waals surface area contributed by atoms with E-state index in [0.717, 1.165) is 0 Å². The summed E-state index contributed by atoms with van der Waals surface area (Å²) in [5.74, 6) is -0.707. The van der Waals surface area contributed by atoms with E-state index in [-0.39, 0.29) is 22.5 Å². The Morgan fingerprint density at radius 2 is 1.86 bits per heavy atom. The van der Waals surface area contributed by atoms with E-state index >= 15 is 0 Å². The molecule has 2 rings (SSSR count). The smallest absolute Gasteiger partial charge is 0.335 e. The van der Waals surface area contributed by atoms with Crippen LogP contribution >= 0.6 is 0 Å². The van der Waals surface area contributed by atoms with Crippen LogP contribution in [0.25, 0.3) is 0 Å². The Balaban J connectivity index is 2.32. The summed E-state index contributed by atoms with van der Waals surface area (Å²) in [6.45, 7) is 5.71. The van der Waals surface area contributed by atoms with Crippen molar-refractivity contribution in [2.45, 2.75) is 26.3 Å². The van der Waals surface area contributed by atoms with E-state index in [1.54, 1.807) is 6.20 Å². The molecule has 0 saturated heterocycles. The monoisotopic (exact) mass is 288 g/mol. The van der Waals surface area contributed by atoms with Crippen LogP contribution in [0.2, 0.25) is 0 Å². The molecule has 1 N–H and O–H groups in total. The molecular weight excluding hydrogens is 272 g/mol. The average Bonchev–Trinajstić information content (AvgIpc) is 2.40. The molecule has 0 radical (unpaired) electrons. The third-order valence-corrected chi connectivity index (χ3v) is 2.85. The lowest BCUT2D eigenvalue weighted by molar-refractivity contribution is 0.0697.